The first-order chi connectivity index (χ1) is 12.7. The van der Waals surface area contributed by atoms with Crippen molar-refractivity contribution in [1.29, 1.82) is 0 Å². The molecule has 3 heterocycles. The molecule has 3 aromatic rings. The van der Waals surface area contributed by atoms with E-state index in [0.29, 0.717) is 23.6 Å². The third-order valence-electron chi connectivity index (χ3n) is 4.04. The Kier molecular flexibility index (Phi) is 5.36. The molecule has 0 unspecified atom stereocenters. The minimum atomic E-state index is -2.75. The maximum atomic E-state index is 13.6. The van der Waals surface area contributed by atoms with Gasteiger partial charge in [-0.25, -0.2) is 23.3 Å². The Morgan fingerprint density at radius 1 is 1.19 bits per heavy atom. The second-order valence-electron chi connectivity index (χ2n) is 7.42. The van der Waals surface area contributed by atoms with Crippen LogP contribution in [-0.2, 0) is 0 Å². The van der Waals surface area contributed by atoms with Crippen molar-refractivity contribution < 1.29 is 13.5 Å². The van der Waals surface area contributed by atoms with Crippen LogP contribution in [0.5, 0.6) is 5.75 Å². The molecule has 0 aliphatic rings. The molecule has 0 aromatic carbocycles. The van der Waals surface area contributed by atoms with Gasteiger partial charge in [0.05, 0.1) is 24.2 Å². The Morgan fingerprint density at radius 2 is 1.96 bits per heavy atom. The van der Waals surface area contributed by atoms with Crippen molar-refractivity contribution in [2.75, 3.05) is 6.61 Å². The van der Waals surface area contributed by atoms with E-state index in [9.17, 15) is 8.78 Å². The quantitative estimate of drug-likeness (QED) is 0.678. The normalized spacial score (nSPS) is 13.3. The van der Waals surface area contributed by atoms with Gasteiger partial charge >= 0.3 is 0 Å². The number of ether oxygens (including phenoxy) is 1. The van der Waals surface area contributed by atoms with Crippen LogP contribution in [-0.4, -0.2) is 31.7 Å². The zero-order valence-corrected chi connectivity index (χ0v) is 15.6. The Labute approximate surface area is 156 Å². The SMILES string of the molecule is C[C@H](COc1ccc(-c2ccnc3ccnn23)nc1C(F)F)CC(C)(C)N. The lowest BCUT2D eigenvalue weighted by Crippen LogP contribution is -2.35. The Bertz CT molecular complexity index is 920. The minimum Gasteiger partial charge on any atom is -0.491 e. The molecule has 0 saturated carbocycles. The lowest BCUT2D eigenvalue weighted by Gasteiger charge is -2.23. The Hall–Kier alpha value is -2.61. The van der Waals surface area contributed by atoms with Gasteiger partial charge in [-0.3, -0.25) is 0 Å². The Balaban J connectivity index is 1.86. The van der Waals surface area contributed by atoms with Crippen LogP contribution in [0.4, 0.5) is 8.78 Å². The fourth-order valence-electron chi connectivity index (χ4n) is 3.10. The summed E-state index contributed by atoms with van der Waals surface area (Å²) in [5, 5.41) is 4.17. The number of nitrogens with two attached hydrogens (primary N) is 1. The summed E-state index contributed by atoms with van der Waals surface area (Å²) < 4.78 is 34.3. The number of rotatable bonds is 7. The van der Waals surface area contributed by atoms with Gasteiger partial charge < -0.3 is 10.5 Å². The van der Waals surface area contributed by atoms with E-state index in [-0.39, 0.29) is 22.9 Å². The molecule has 0 amide bonds. The third-order valence-corrected chi connectivity index (χ3v) is 4.04. The van der Waals surface area contributed by atoms with Gasteiger partial charge in [-0.15, -0.1) is 0 Å². The standard InChI is InChI=1S/C19H23F2N5O/c1-12(10-19(2,3)22)11-27-15-5-4-13(25-17(15)18(20)21)14-6-8-23-16-7-9-24-26(14)16/h4-9,12,18H,10-11,22H2,1-3H3/t12-/m0/s1. The summed E-state index contributed by atoms with van der Waals surface area (Å²) in [6.45, 7) is 6.12. The molecule has 0 aliphatic heterocycles. The van der Waals surface area contributed by atoms with E-state index in [1.807, 2.05) is 20.8 Å². The second-order valence-corrected chi connectivity index (χ2v) is 7.42. The number of aromatic nitrogens is 4. The number of hydrogen-bond acceptors (Lipinski definition) is 5. The number of alkyl halides is 2. The van der Waals surface area contributed by atoms with Crippen LogP contribution in [0, 0.1) is 5.92 Å². The van der Waals surface area contributed by atoms with E-state index >= 15 is 0 Å². The van der Waals surface area contributed by atoms with Crippen LogP contribution in [0.1, 0.15) is 39.3 Å². The first-order valence-electron chi connectivity index (χ1n) is 8.74. The minimum absolute atomic E-state index is 0.0844. The number of fused-ring (bicyclic) bond motifs is 1. The molecule has 27 heavy (non-hydrogen) atoms. The molecule has 0 aliphatic carbocycles. The third kappa shape index (κ3) is 4.57. The van der Waals surface area contributed by atoms with Crippen LogP contribution >= 0.6 is 0 Å². The fraction of sp³-hybridized carbons (Fsp3) is 0.421. The molecule has 3 aromatic heterocycles. The van der Waals surface area contributed by atoms with Crippen molar-refractivity contribution in [2.45, 2.75) is 39.2 Å². The number of halogens is 2. The van der Waals surface area contributed by atoms with Crippen molar-refractivity contribution >= 4 is 5.65 Å². The van der Waals surface area contributed by atoms with Gasteiger partial charge in [0, 0.05) is 17.8 Å². The second kappa shape index (κ2) is 7.56. The van der Waals surface area contributed by atoms with Crippen LogP contribution in [0.25, 0.3) is 17.0 Å². The summed E-state index contributed by atoms with van der Waals surface area (Å²) in [6, 6.07) is 6.59. The zero-order chi connectivity index (χ0) is 19.6. The molecule has 8 heteroatoms. The number of nitrogens with zero attached hydrogens (tertiary/aromatic N) is 4. The highest BCUT2D eigenvalue weighted by Gasteiger charge is 2.21. The first kappa shape index (κ1) is 19.2. The van der Waals surface area contributed by atoms with E-state index in [0.717, 1.165) is 6.42 Å². The van der Waals surface area contributed by atoms with Crippen LogP contribution in [0.2, 0.25) is 0 Å². The lowest BCUT2D eigenvalue weighted by molar-refractivity contribution is 0.136. The largest absolute Gasteiger partial charge is 0.491 e. The molecule has 6 nitrogen and oxygen atoms in total. The Morgan fingerprint density at radius 3 is 2.67 bits per heavy atom. The monoisotopic (exact) mass is 375 g/mol. The van der Waals surface area contributed by atoms with E-state index in [1.54, 1.807) is 35.1 Å². The van der Waals surface area contributed by atoms with E-state index in [4.69, 9.17) is 10.5 Å². The van der Waals surface area contributed by atoms with Crippen molar-refractivity contribution in [3.05, 3.63) is 42.4 Å². The summed E-state index contributed by atoms with van der Waals surface area (Å²) in [7, 11) is 0. The summed E-state index contributed by atoms with van der Waals surface area (Å²) in [4.78, 5) is 8.31. The van der Waals surface area contributed by atoms with Gasteiger partial charge in [0.15, 0.2) is 5.65 Å². The topological polar surface area (TPSA) is 78.3 Å². The molecule has 0 saturated heterocycles. The maximum absolute atomic E-state index is 13.6. The van der Waals surface area contributed by atoms with Crippen molar-refractivity contribution in [3.8, 4) is 17.1 Å². The molecule has 0 fully saturated rings. The van der Waals surface area contributed by atoms with Gasteiger partial charge in [0.2, 0.25) is 0 Å². The van der Waals surface area contributed by atoms with Gasteiger partial charge in [0.1, 0.15) is 11.4 Å². The average molecular weight is 375 g/mol. The lowest BCUT2D eigenvalue weighted by atomic mass is 9.93. The molecular formula is C19H23F2N5O. The molecule has 0 spiro atoms. The average Bonchev–Trinajstić information content (AvgIpc) is 3.07. The molecular weight excluding hydrogens is 352 g/mol. The first-order valence-corrected chi connectivity index (χ1v) is 8.74. The van der Waals surface area contributed by atoms with Gasteiger partial charge in [0.25, 0.3) is 6.43 Å². The summed E-state index contributed by atoms with van der Waals surface area (Å²) in [6.07, 6.45) is 1.15. The molecule has 3 rings (SSSR count). The maximum Gasteiger partial charge on any atom is 0.284 e. The van der Waals surface area contributed by atoms with E-state index in [1.165, 1.54) is 6.07 Å². The van der Waals surface area contributed by atoms with Crippen LogP contribution in [0.3, 0.4) is 0 Å². The zero-order valence-electron chi connectivity index (χ0n) is 15.6. The van der Waals surface area contributed by atoms with Crippen molar-refractivity contribution in [3.63, 3.8) is 0 Å². The molecule has 1 atom stereocenters. The van der Waals surface area contributed by atoms with Crippen LogP contribution in [0.15, 0.2) is 36.7 Å². The van der Waals surface area contributed by atoms with E-state index in [2.05, 4.69) is 15.1 Å². The van der Waals surface area contributed by atoms with Gasteiger partial charge in [-0.1, -0.05) is 6.92 Å². The predicted molar refractivity (Wildman–Crippen MR) is 98.7 cm³/mol. The summed E-state index contributed by atoms with van der Waals surface area (Å²) in [5.41, 5.74) is 6.85. The highest BCUT2D eigenvalue weighted by molar-refractivity contribution is 5.59. The smallest absolute Gasteiger partial charge is 0.284 e. The highest BCUT2D eigenvalue weighted by atomic mass is 19.3. The molecule has 2 N–H and O–H groups in total. The number of pyridine rings is 1. The number of hydrogen-bond donors (Lipinski definition) is 1. The summed E-state index contributed by atoms with van der Waals surface area (Å²) in [5.74, 6) is 0.209. The summed E-state index contributed by atoms with van der Waals surface area (Å²) >= 11 is 0. The van der Waals surface area contributed by atoms with E-state index < -0.39 is 6.43 Å². The molecule has 0 bridgehead atoms. The predicted octanol–water partition coefficient (Wildman–Crippen LogP) is 3.87. The highest BCUT2D eigenvalue weighted by Crippen LogP contribution is 2.31. The van der Waals surface area contributed by atoms with Crippen LogP contribution < -0.4 is 10.5 Å². The fourth-order valence-corrected chi connectivity index (χ4v) is 3.10. The van der Waals surface area contributed by atoms with Crippen molar-refractivity contribution in [2.24, 2.45) is 11.7 Å². The van der Waals surface area contributed by atoms with Crippen molar-refractivity contribution in [1.82, 2.24) is 19.6 Å². The molecule has 0 radical (unpaired) electrons. The van der Waals surface area contributed by atoms with Gasteiger partial charge in [-0.05, 0) is 44.4 Å². The molecule has 144 valence electrons. The van der Waals surface area contributed by atoms with Gasteiger partial charge in [-0.2, -0.15) is 5.10 Å².